The average Bonchev–Trinajstić information content (AvgIpc) is 2.56. The Kier molecular flexibility index (Phi) is 4.09. The highest BCUT2D eigenvalue weighted by molar-refractivity contribution is 7.80. The van der Waals surface area contributed by atoms with Crippen molar-refractivity contribution in [1.29, 1.82) is 0 Å². The predicted molar refractivity (Wildman–Crippen MR) is 82.1 cm³/mol. The first-order chi connectivity index (χ1) is 8.86. The highest BCUT2D eigenvalue weighted by Gasteiger charge is 2.52. The summed E-state index contributed by atoms with van der Waals surface area (Å²) in [5, 5.41) is 0. The molecule has 0 saturated carbocycles. The molecule has 2 rings (SSSR count). The van der Waals surface area contributed by atoms with Gasteiger partial charge in [0, 0.05) is 18.1 Å². The van der Waals surface area contributed by atoms with Crippen LogP contribution in [0.3, 0.4) is 0 Å². The molecule has 5 heteroatoms. The molecular formula is C14H20BNO2S. The molecule has 1 fully saturated rings. The van der Waals surface area contributed by atoms with Crippen molar-refractivity contribution in [2.45, 2.75) is 38.9 Å². The monoisotopic (exact) mass is 277 g/mol. The molecule has 1 aromatic rings. The molecule has 3 nitrogen and oxygen atoms in total. The molecule has 0 N–H and O–H groups in total. The highest BCUT2D eigenvalue weighted by atomic mass is 32.1. The van der Waals surface area contributed by atoms with Crippen LogP contribution in [0.5, 0.6) is 0 Å². The summed E-state index contributed by atoms with van der Waals surface area (Å²) >= 11 is 4.39. The summed E-state index contributed by atoms with van der Waals surface area (Å²) in [6.45, 7) is 8.20. The predicted octanol–water partition coefficient (Wildman–Crippen LogP) is 3.03. The van der Waals surface area contributed by atoms with E-state index in [9.17, 15) is 0 Å². The molecule has 0 bridgehead atoms. The lowest BCUT2D eigenvalue weighted by Gasteiger charge is -2.32. The second kappa shape index (κ2) is 5.31. The summed E-state index contributed by atoms with van der Waals surface area (Å²) in [4.78, 5) is 4.10. The van der Waals surface area contributed by atoms with Crippen molar-refractivity contribution in [2.75, 3.05) is 5.75 Å². The van der Waals surface area contributed by atoms with Gasteiger partial charge in [-0.15, -0.1) is 0 Å². The Morgan fingerprint density at radius 3 is 2.42 bits per heavy atom. The molecule has 0 radical (unpaired) electrons. The lowest BCUT2D eigenvalue weighted by molar-refractivity contribution is 0.00578. The zero-order valence-electron chi connectivity index (χ0n) is 11.9. The minimum Gasteiger partial charge on any atom is -0.400 e. The third-order valence-corrected chi connectivity index (χ3v) is 4.14. The summed E-state index contributed by atoms with van der Waals surface area (Å²) in [5.41, 5.74) is 1.39. The van der Waals surface area contributed by atoms with Gasteiger partial charge in [0.05, 0.1) is 11.2 Å². The first-order valence-corrected chi connectivity index (χ1v) is 7.06. The van der Waals surface area contributed by atoms with E-state index in [1.807, 2.05) is 52.1 Å². The maximum Gasteiger partial charge on any atom is 0.491 e. The van der Waals surface area contributed by atoms with Crippen molar-refractivity contribution >= 4 is 25.8 Å². The van der Waals surface area contributed by atoms with Crippen LogP contribution in [0.15, 0.2) is 30.0 Å². The number of thiol groups is 1. The molecule has 0 aliphatic carbocycles. The molecule has 0 unspecified atom stereocenters. The van der Waals surface area contributed by atoms with Gasteiger partial charge in [-0.1, -0.05) is 12.1 Å². The van der Waals surface area contributed by atoms with Gasteiger partial charge >= 0.3 is 7.12 Å². The molecule has 0 aromatic carbocycles. The van der Waals surface area contributed by atoms with E-state index in [0.29, 0.717) is 5.75 Å². The van der Waals surface area contributed by atoms with Crippen LogP contribution in [-0.2, 0) is 9.31 Å². The van der Waals surface area contributed by atoms with Gasteiger partial charge in [0.1, 0.15) is 0 Å². The third kappa shape index (κ3) is 3.04. The Morgan fingerprint density at radius 1 is 1.32 bits per heavy atom. The first kappa shape index (κ1) is 14.6. The second-order valence-electron chi connectivity index (χ2n) is 5.75. The van der Waals surface area contributed by atoms with Gasteiger partial charge in [0.15, 0.2) is 0 Å². The molecule has 1 aliphatic rings. The van der Waals surface area contributed by atoms with Gasteiger partial charge in [0.25, 0.3) is 0 Å². The van der Waals surface area contributed by atoms with E-state index in [4.69, 9.17) is 9.31 Å². The largest absolute Gasteiger partial charge is 0.491 e. The SMILES string of the molecule is CC1(C)OB(C(=Cc2cccnc2)CS)OC1(C)C. The Hall–Kier alpha value is -0.775. The molecule has 2 heterocycles. The first-order valence-electron chi connectivity index (χ1n) is 6.43. The quantitative estimate of drug-likeness (QED) is 0.680. The van der Waals surface area contributed by atoms with Crippen LogP contribution in [0.4, 0.5) is 0 Å². The van der Waals surface area contributed by atoms with Crippen LogP contribution in [0.25, 0.3) is 6.08 Å². The normalized spacial score (nSPS) is 21.7. The summed E-state index contributed by atoms with van der Waals surface area (Å²) in [5.74, 6) is 0.589. The summed E-state index contributed by atoms with van der Waals surface area (Å²) in [7, 11) is -0.345. The number of nitrogens with zero attached hydrogens (tertiary/aromatic N) is 1. The fourth-order valence-corrected chi connectivity index (χ4v) is 2.10. The van der Waals surface area contributed by atoms with Gasteiger partial charge < -0.3 is 9.31 Å². The van der Waals surface area contributed by atoms with Gasteiger partial charge in [-0.05, 0) is 44.8 Å². The van der Waals surface area contributed by atoms with Crippen molar-refractivity contribution in [3.05, 3.63) is 35.6 Å². The van der Waals surface area contributed by atoms with E-state index in [1.165, 1.54) is 0 Å². The second-order valence-corrected chi connectivity index (χ2v) is 6.07. The third-order valence-electron chi connectivity index (χ3n) is 3.78. The standard InChI is InChI=1S/C14H20BNO2S/c1-13(2)14(3,4)18-15(17-13)12(10-19)8-11-6-5-7-16-9-11/h5-9,19H,10H2,1-4H3. The molecule has 1 aromatic heterocycles. The molecular weight excluding hydrogens is 257 g/mol. The van der Waals surface area contributed by atoms with Crippen LogP contribution in [0.1, 0.15) is 33.3 Å². The topological polar surface area (TPSA) is 31.4 Å². The molecule has 19 heavy (non-hydrogen) atoms. The van der Waals surface area contributed by atoms with Gasteiger partial charge in [-0.25, -0.2) is 0 Å². The van der Waals surface area contributed by atoms with Crippen LogP contribution in [0, 0.1) is 0 Å². The van der Waals surface area contributed by atoms with Crippen molar-refractivity contribution in [3.63, 3.8) is 0 Å². The summed E-state index contributed by atoms with van der Waals surface area (Å²) in [6.07, 6.45) is 5.60. The molecule has 102 valence electrons. The van der Waals surface area contributed by atoms with Crippen LogP contribution < -0.4 is 0 Å². The molecule has 0 spiro atoms. The maximum absolute atomic E-state index is 6.03. The lowest BCUT2D eigenvalue weighted by Crippen LogP contribution is -2.41. The van der Waals surface area contributed by atoms with E-state index in [2.05, 4.69) is 17.6 Å². The average molecular weight is 277 g/mol. The van der Waals surface area contributed by atoms with Crippen molar-refractivity contribution < 1.29 is 9.31 Å². The van der Waals surface area contributed by atoms with Crippen molar-refractivity contribution in [3.8, 4) is 0 Å². The number of aromatic nitrogens is 1. The zero-order chi connectivity index (χ0) is 14.1. The summed E-state index contributed by atoms with van der Waals surface area (Å²) < 4.78 is 12.1. The molecule has 1 saturated heterocycles. The fraction of sp³-hybridized carbons (Fsp3) is 0.500. The fourth-order valence-electron chi connectivity index (χ4n) is 1.86. The van der Waals surface area contributed by atoms with Crippen LogP contribution in [-0.4, -0.2) is 29.1 Å². The van der Waals surface area contributed by atoms with Crippen molar-refractivity contribution in [2.24, 2.45) is 0 Å². The smallest absolute Gasteiger partial charge is 0.400 e. The Labute approximate surface area is 121 Å². The van der Waals surface area contributed by atoms with Crippen LogP contribution in [0.2, 0.25) is 0 Å². The Bertz CT molecular complexity index is 458. The van der Waals surface area contributed by atoms with Crippen molar-refractivity contribution in [1.82, 2.24) is 4.98 Å². The minimum absolute atomic E-state index is 0.325. The van der Waals surface area contributed by atoms with Crippen LogP contribution >= 0.6 is 12.6 Å². The number of rotatable bonds is 3. The van der Waals surface area contributed by atoms with Gasteiger partial charge in [-0.3, -0.25) is 4.98 Å². The van der Waals surface area contributed by atoms with E-state index in [1.54, 1.807) is 6.20 Å². The maximum atomic E-state index is 6.03. The number of hydrogen-bond acceptors (Lipinski definition) is 4. The molecule has 0 atom stereocenters. The number of hydrogen-bond donors (Lipinski definition) is 1. The molecule has 0 amide bonds. The van der Waals surface area contributed by atoms with Gasteiger partial charge in [0.2, 0.25) is 0 Å². The Morgan fingerprint density at radius 2 is 1.95 bits per heavy atom. The van der Waals surface area contributed by atoms with Gasteiger partial charge in [-0.2, -0.15) is 12.6 Å². The van der Waals surface area contributed by atoms with E-state index in [-0.39, 0.29) is 18.3 Å². The van der Waals surface area contributed by atoms with E-state index >= 15 is 0 Å². The van der Waals surface area contributed by atoms with E-state index < -0.39 is 0 Å². The number of pyridine rings is 1. The summed E-state index contributed by atoms with van der Waals surface area (Å²) in [6, 6.07) is 3.91. The minimum atomic E-state index is -0.345. The Balaban J connectivity index is 2.23. The zero-order valence-corrected chi connectivity index (χ0v) is 12.8. The lowest BCUT2D eigenvalue weighted by atomic mass is 9.78. The molecule has 1 aliphatic heterocycles. The van der Waals surface area contributed by atoms with E-state index in [0.717, 1.165) is 11.0 Å². The highest BCUT2D eigenvalue weighted by Crippen LogP contribution is 2.38.